The Labute approximate surface area is 119 Å². The quantitative estimate of drug-likeness (QED) is 0.895. The van der Waals surface area contributed by atoms with Crippen LogP contribution in [0.25, 0.3) is 0 Å². The summed E-state index contributed by atoms with van der Waals surface area (Å²) in [6.07, 6.45) is 4.32. The average Bonchev–Trinajstić information content (AvgIpc) is 2.48. The summed E-state index contributed by atoms with van der Waals surface area (Å²) in [4.78, 5) is 15.9. The number of rotatable bonds is 4. The van der Waals surface area contributed by atoms with E-state index in [4.69, 9.17) is 0 Å². The number of aryl methyl sites for hydroxylation is 2. The maximum absolute atomic E-state index is 12.0. The van der Waals surface area contributed by atoms with Crippen LogP contribution in [0.15, 0.2) is 42.7 Å². The maximum atomic E-state index is 12.0. The van der Waals surface area contributed by atoms with Gasteiger partial charge in [-0.25, -0.2) is 4.79 Å². The lowest BCUT2D eigenvalue weighted by atomic mass is 10.1. The summed E-state index contributed by atoms with van der Waals surface area (Å²) in [6, 6.07) is 9.61. The predicted octanol–water partition coefficient (Wildman–Crippen LogP) is 3.27. The van der Waals surface area contributed by atoms with Crippen LogP contribution in [0.3, 0.4) is 0 Å². The molecule has 1 aromatic heterocycles. The van der Waals surface area contributed by atoms with Crippen LogP contribution in [0.4, 0.5) is 10.5 Å². The summed E-state index contributed by atoms with van der Waals surface area (Å²) in [6.45, 7) is 4.56. The topological polar surface area (TPSA) is 54.0 Å². The second-order valence-corrected chi connectivity index (χ2v) is 4.63. The van der Waals surface area contributed by atoms with Crippen LogP contribution in [-0.4, -0.2) is 11.0 Å². The van der Waals surface area contributed by atoms with Crippen molar-refractivity contribution in [3.05, 3.63) is 59.4 Å². The van der Waals surface area contributed by atoms with Gasteiger partial charge in [0.15, 0.2) is 0 Å². The van der Waals surface area contributed by atoms with Crippen LogP contribution in [0.1, 0.15) is 23.6 Å². The second-order valence-electron chi connectivity index (χ2n) is 4.63. The summed E-state index contributed by atoms with van der Waals surface area (Å²) in [5, 5.41) is 5.78. The van der Waals surface area contributed by atoms with Crippen molar-refractivity contribution < 1.29 is 4.79 Å². The number of nitrogens with one attached hydrogen (secondary N) is 2. The van der Waals surface area contributed by atoms with E-state index in [1.165, 1.54) is 0 Å². The minimum atomic E-state index is -0.189. The number of amides is 2. The monoisotopic (exact) mass is 269 g/mol. The number of para-hydroxylation sites is 1. The van der Waals surface area contributed by atoms with Crippen LogP contribution < -0.4 is 10.6 Å². The lowest BCUT2D eigenvalue weighted by Gasteiger charge is -2.13. The summed E-state index contributed by atoms with van der Waals surface area (Å²) >= 11 is 0. The van der Waals surface area contributed by atoms with Crippen LogP contribution >= 0.6 is 0 Å². The number of aromatic nitrogens is 1. The molecule has 0 fully saturated rings. The zero-order valence-corrected chi connectivity index (χ0v) is 11.8. The van der Waals surface area contributed by atoms with Crippen molar-refractivity contribution in [2.45, 2.75) is 26.8 Å². The first-order valence-corrected chi connectivity index (χ1v) is 6.73. The lowest BCUT2D eigenvalue weighted by Crippen LogP contribution is -2.28. The van der Waals surface area contributed by atoms with E-state index in [1.54, 1.807) is 12.4 Å². The second kappa shape index (κ2) is 6.70. The van der Waals surface area contributed by atoms with Crippen molar-refractivity contribution in [3.8, 4) is 0 Å². The molecule has 0 aliphatic heterocycles. The minimum Gasteiger partial charge on any atom is -0.334 e. The summed E-state index contributed by atoms with van der Waals surface area (Å²) in [7, 11) is 0. The van der Waals surface area contributed by atoms with Gasteiger partial charge in [-0.05, 0) is 42.2 Å². The predicted molar refractivity (Wildman–Crippen MR) is 80.7 cm³/mol. The van der Waals surface area contributed by atoms with Gasteiger partial charge in [0.2, 0.25) is 0 Å². The Hall–Kier alpha value is -2.36. The highest BCUT2D eigenvalue weighted by Gasteiger charge is 2.07. The number of urea groups is 1. The van der Waals surface area contributed by atoms with E-state index in [-0.39, 0.29) is 6.03 Å². The number of pyridine rings is 1. The van der Waals surface area contributed by atoms with Gasteiger partial charge in [0.05, 0.1) is 0 Å². The number of carbonyl (C=O) groups excluding carboxylic acids is 1. The molecule has 0 saturated carbocycles. The molecular weight excluding hydrogens is 250 g/mol. The van der Waals surface area contributed by atoms with Gasteiger partial charge < -0.3 is 10.6 Å². The third-order valence-corrected chi connectivity index (χ3v) is 3.18. The van der Waals surface area contributed by atoms with E-state index in [2.05, 4.69) is 22.5 Å². The van der Waals surface area contributed by atoms with Gasteiger partial charge in [0, 0.05) is 24.6 Å². The summed E-state index contributed by atoms with van der Waals surface area (Å²) in [5.41, 5.74) is 4.14. The van der Waals surface area contributed by atoms with Gasteiger partial charge in [-0.1, -0.05) is 25.1 Å². The Morgan fingerprint density at radius 2 is 1.95 bits per heavy atom. The molecule has 0 atom stereocenters. The van der Waals surface area contributed by atoms with Gasteiger partial charge >= 0.3 is 6.03 Å². The Morgan fingerprint density at radius 3 is 2.65 bits per heavy atom. The van der Waals surface area contributed by atoms with Crippen LogP contribution in [0.5, 0.6) is 0 Å². The molecule has 104 valence electrons. The van der Waals surface area contributed by atoms with Gasteiger partial charge in [0.1, 0.15) is 0 Å². The molecule has 2 rings (SSSR count). The number of nitrogens with zero attached hydrogens (tertiary/aromatic N) is 1. The van der Waals surface area contributed by atoms with Gasteiger partial charge in [0.25, 0.3) is 0 Å². The van der Waals surface area contributed by atoms with E-state index < -0.39 is 0 Å². The minimum absolute atomic E-state index is 0.189. The molecule has 2 N–H and O–H groups in total. The van der Waals surface area contributed by atoms with Gasteiger partial charge in [-0.3, -0.25) is 4.98 Å². The number of anilines is 1. The highest BCUT2D eigenvalue weighted by molar-refractivity contribution is 5.91. The molecule has 0 saturated heterocycles. The van der Waals surface area contributed by atoms with Crippen LogP contribution in [-0.2, 0) is 13.0 Å². The van der Waals surface area contributed by atoms with Crippen LogP contribution in [0, 0.1) is 6.92 Å². The van der Waals surface area contributed by atoms with E-state index in [0.717, 1.165) is 28.8 Å². The molecular formula is C16H19N3O. The van der Waals surface area contributed by atoms with Crippen LogP contribution in [0.2, 0.25) is 0 Å². The maximum Gasteiger partial charge on any atom is 0.319 e. The zero-order valence-electron chi connectivity index (χ0n) is 11.8. The van der Waals surface area contributed by atoms with E-state index in [1.807, 2.05) is 37.3 Å². The zero-order chi connectivity index (χ0) is 14.4. The first-order chi connectivity index (χ1) is 9.70. The van der Waals surface area contributed by atoms with Crippen molar-refractivity contribution in [1.82, 2.24) is 10.3 Å². The third-order valence-electron chi connectivity index (χ3n) is 3.18. The molecule has 0 bridgehead atoms. The normalized spacial score (nSPS) is 10.1. The molecule has 0 radical (unpaired) electrons. The molecule has 0 aliphatic rings. The molecule has 2 aromatic rings. The Morgan fingerprint density at radius 1 is 1.20 bits per heavy atom. The fraction of sp³-hybridized carbons (Fsp3) is 0.250. The van der Waals surface area contributed by atoms with Crippen molar-refractivity contribution in [2.24, 2.45) is 0 Å². The summed E-state index contributed by atoms with van der Waals surface area (Å²) in [5.74, 6) is 0. The number of benzene rings is 1. The highest BCUT2D eigenvalue weighted by Crippen LogP contribution is 2.20. The van der Waals surface area contributed by atoms with Crippen molar-refractivity contribution in [2.75, 3.05) is 5.32 Å². The van der Waals surface area contributed by atoms with Crippen molar-refractivity contribution >= 4 is 11.7 Å². The Balaban J connectivity index is 1.98. The van der Waals surface area contributed by atoms with E-state index in [0.29, 0.717) is 6.54 Å². The average molecular weight is 269 g/mol. The smallest absolute Gasteiger partial charge is 0.319 e. The van der Waals surface area contributed by atoms with E-state index >= 15 is 0 Å². The molecule has 1 heterocycles. The van der Waals surface area contributed by atoms with Crippen molar-refractivity contribution in [1.29, 1.82) is 0 Å². The number of hydrogen-bond acceptors (Lipinski definition) is 2. The molecule has 20 heavy (non-hydrogen) atoms. The first kappa shape index (κ1) is 14.1. The Bertz CT molecular complexity index is 582. The first-order valence-electron chi connectivity index (χ1n) is 6.73. The molecule has 4 heteroatoms. The van der Waals surface area contributed by atoms with Crippen molar-refractivity contribution in [3.63, 3.8) is 0 Å². The SMILES string of the molecule is CCc1cccc(C)c1NC(=O)NCc1ccncc1. The third kappa shape index (κ3) is 3.57. The van der Waals surface area contributed by atoms with Gasteiger partial charge in [-0.15, -0.1) is 0 Å². The molecule has 0 spiro atoms. The summed E-state index contributed by atoms with van der Waals surface area (Å²) < 4.78 is 0. The lowest BCUT2D eigenvalue weighted by molar-refractivity contribution is 0.251. The molecule has 0 aliphatic carbocycles. The highest BCUT2D eigenvalue weighted by atomic mass is 16.2. The standard InChI is InChI=1S/C16H19N3O/c1-3-14-6-4-5-12(2)15(14)19-16(20)18-11-13-7-9-17-10-8-13/h4-10H,3,11H2,1-2H3,(H2,18,19,20). The number of hydrogen-bond donors (Lipinski definition) is 2. The largest absolute Gasteiger partial charge is 0.334 e. The molecule has 2 amide bonds. The fourth-order valence-corrected chi connectivity index (χ4v) is 2.04. The molecule has 1 aromatic carbocycles. The fourth-order valence-electron chi connectivity index (χ4n) is 2.04. The molecule has 4 nitrogen and oxygen atoms in total. The van der Waals surface area contributed by atoms with Gasteiger partial charge in [-0.2, -0.15) is 0 Å². The van der Waals surface area contributed by atoms with E-state index in [9.17, 15) is 4.79 Å². The number of carbonyl (C=O) groups is 1. The Kier molecular flexibility index (Phi) is 4.71. The molecule has 0 unspecified atom stereocenters.